The van der Waals surface area contributed by atoms with Crippen molar-refractivity contribution >= 4 is 5.57 Å². The maximum absolute atomic E-state index is 4.25. The average molecular weight is 319 g/mol. The van der Waals surface area contributed by atoms with Gasteiger partial charge in [0.2, 0.25) is 0 Å². The first-order chi connectivity index (χ1) is 11.7. The number of hydrogen-bond acceptors (Lipinski definition) is 0. The smallest absolute Gasteiger partial charge is 0.0158 e. The van der Waals surface area contributed by atoms with Crippen molar-refractivity contribution in [3.63, 3.8) is 0 Å². The second-order valence-electron chi connectivity index (χ2n) is 5.50. The molecule has 1 aliphatic rings. The lowest BCUT2D eigenvalue weighted by molar-refractivity contribution is 0.949. The Hall–Kier alpha value is -2.34. The monoisotopic (exact) mass is 318 g/mol. The van der Waals surface area contributed by atoms with E-state index in [0.717, 1.165) is 18.4 Å². The lowest BCUT2D eigenvalue weighted by atomic mass is 9.86. The zero-order valence-corrected chi connectivity index (χ0v) is 15.6. The van der Waals surface area contributed by atoms with Gasteiger partial charge in [0.25, 0.3) is 0 Å². The van der Waals surface area contributed by atoms with E-state index >= 15 is 0 Å². The Bertz CT molecular complexity index is 676. The van der Waals surface area contributed by atoms with E-state index in [0.29, 0.717) is 0 Å². The predicted molar refractivity (Wildman–Crippen MR) is 110 cm³/mol. The Labute approximate surface area is 148 Å². The summed E-state index contributed by atoms with van der Waals surface area (Å²) in [5, 5.41) is 0. The summed E-state index contributed by atoms with van der Waals surface area (Å²) in [6, 6.07) is 10.3. The van der Waals surface area contributed by atoms with Crippen LogP contribution in [0.4, 0.5) is 0 Å². The Balaban J connectivity index is 0.00000139. The maximum atomic E-state index is 4.25. The van der Waals surface area contributed by atoms with Crippen LogP contribution in [0, 0.1) is 0 Å². The van der Waals surface area contributed by atoms with Gasteiger partial charge in [-0.15, -0.1) is 0 Å². The molecule has 0 spiro atoms. The second kappa shape index (κ2) is 10.4. The van der Waals surface area contributed by atoms with Gasteiger partial charge in [-0.2, -0.15) is 0 Å². The zero-order chi connectivity index (χ0) is 17.9. The third-order valence-corrected chi connectivity index (χ3v) is 4.04. The van der Waals surface area contributed by atoms with Gasteiger partial charge in [0.15, 0.2) is 0 Å². The van der Waals surface area contributed by atoms with Crippen LogP contribution in [0.5, 0.6) is 0 Å². The largest absolute Gasteiger partial charge is 0.0990 e. The van der Waals surface area contributed by atoms with Gasteiger partial charge in [-0.25, -0.2) is 0 Å². The van der Waals surface area contributed by atoms with E-state index in [9.17, 15) is 0 Å². The highest BCUT2D eigenvalue weighted by atomic mass is 14.2. The molecule has 0 saturated carbocycles. The Morgan fingerprint density at radius 3 is 2.38 bits per heavy atom. The van der Waals surface area contributed by atoms with E-state index in [1.165, 1.54) is 27.9 Å². The summed E-state index contributed by atoms with van der Waals surface area (Å²) in [7, 11) is 0. The van der Waals surface area contributed by atoms with Crippen LogP contribution in [0.25, 0.3) is 5.57 Å². The van der Waals surface area contributed by atoms with Crippen molar-refractivity contribution in [1.29, 1.82) is 0 Å². The van der Waals surface area contributed by atoms with Crippen LogP contribution in [-0.4, -0.2) is 0 Å². The molecule has 0 heteroatoms. The molecule has 0 nitrogen and oxygen atoms in total. The van der Waals surface area contributed by atoms with Crippen molar-refractivity contribution in [2.24, 2.45) is 0 Å². The Kier molecular flexibility index (Phi) is 8.57. The molecule has 0 aliphatic heterocycles. The molecular weight excluding hydrogens is 288 g/mol. The minimum Gasteiger partial charge on any atom is -0.0990 e. The summed E-state index contributed by atoms with van der Waals surface area (Å²) >= 11 is 0. The fourth-order valence-electron chi connectivity index (χ4n) is 2.76. The molecule has 2 rings (SSSR count). The molecular formula is C24H30. The van der Waals surface area contributed by atoms with E-state index in [1.54, 1.807) is 0 Å². The van der Waals surface area contributed by atoms with Crippen molar-refractivity contribution in [1.82, 2.24) is 0 Å². The zero-order valence-electron chi connectivity index (χ0n) is 15.6. The molecule has 0 heterocycles. The van der Waals surface area contributed by atoms with Gasteiger partial charge in [0.1, 0.15) is 0 Å². The predicted octanol–water partition coefficient (Wildman–Crippen LogP) is 7.45. The quantitative estimate of drug-likeness (QED) is 0.506. The normalized spacial score (nSPS) is 17.8. The van der Waals surface area contributed by atoms with Crippen molar-refractivity contribution < 1.29 is 0 Å². The third-order valence-electron chi connectivity index (χ3n) is 4.04. The maximum Gasteiger partial charge on any atom is -0.0158 e. The molecule has 0 fully saturated rings. The van der Waals surface area contributed by atoms with Gasteiger partial charge >= 0.3 is 0 Å². The van der Waals surface area contributed by atoms with Crippen LogP contribution in [0.15, 0.2) is 96.2 Å². The van der Waals surface area contributed by atoms with E-state index in [4.69, 9.17) is 0 Å². The third kappa shape index (κ3) is 5.09. The molecule has 0 saturated heterocycles. The highest BCUT2D eigenvalue weighted by molar-refractivity contribution is 5.78. The van der Waals surface area contributed by atoms with Crippen LogP contribution >= 0.6 is 0 Å². The van der Waals surface area contributed by atoms with Crippen LogP contribution in [0.2, 0.25) is 0 Å². The second-order valence-corrected chi connectivity index (χ2v) is 5.50. The lowest BCUT2D eigenvalue weighted by Gasteiger charge is -2.19. The first-order valence-electron chi connectivity index (χ1n) is 8.79. The lowest BCUT2D eigenvalue weighted by Crippen LogP contribution is -2.00. The molecule has 24 heavy (non-hydrogen) atoms. The van der Waals surface area contributed by atoms with Crippen LogP contribution in [0.3, 0.4) is 0 Å². The highest BCUT2D eigenvalue weighted by Gasteiger charge is 2.13. The summed E-state index contributed by atoms with van der Waals surface area (Å²) in [4.78, 5) is 0. The summed E-state index contributed by atoms with van der Waals surface area (Å²) in [6.45, 7) is 16.3. The molecule has 0 radical (unpaired) electrons. The van der Waals surface area contributed by atoms with Gasteiger partial charge in [-0.3, -0.25) is 0 Å². The fourth-order valence-corrected chi connectivity index (χ4v) is 2.76. The summed E-state index contributed by atoms with van der Waals surface area (Å²) in [6.07, 6.45) is 12.9. The number of hydrogen-bond donors (Lipinski definition) is 0. The first kappa shape index (κ1) is 19.7. The molecule has 126 valence electrons. The van der Waals surface area contributed by atoms with E-state index in [1.807, 2.05) is 26.0 Å². The summed E-state index contributed by atoms with van der Waals surface area (Å²) < 4.78 is 0. The molecule has 1 aliphatic carbocycles. The Morgan fingerprint density at radius 1 is 1.12 bits per heavy atom. The summed E-state index contributed by atoms with van der Waals surface area (Å²) in [5.74, 6) is 0. The van der Waals surface area contributed by atoms with Crippen molar-refractivity contribution in [3.8, 4) is 0 Å². The highest BCUT2D eigenvalue weighted by Crippen LogP contribution is 2.32. The number of allylic oxidation sites excluding steroid dienone is 10. The molecule has 0 bridgehead atoms. The van der Waals surface area contributed by atoms with Crippen molar-refractivity contribution in [2.45, 2.75) is 40.5 Å². The SMILES string of the molecule is C=C/C=C1/C(/C=C(/C)C(=C)c2ccccc2)=CCC/C1=C/C.CC. The van der Waals surface area contributed by atoms with Crippen LogP contribution in [-0.2, 0) is 0 Å². The fraction of sp³-hybridized carbons (Fsp3) is 0.250. The van der Waals surface area contributed by atoms with E-state index in [2.05, 4.69) is 75.6 Å². The minimum atomic E-state index is 1.08. The summed E-state index contributed by atoms with van der Waals surface area (Å²) in [5.41, 5.74) is 7.40. The van der Waals surface area contributed by atoms with Gasteiger partial charge in [0, 0.05) is 0 Å². The van der Waals surface area contributed by atoms with Crippen molar-refractivity contribution in [3.05, 3.63) is 102 Å². The minimum absolute atomic E-state index is 1.08. The number of rotatable bonds is 4. The molecule has 1 aromatic rings. The van der Waals surface area contributed by atoms with Gasteiger partial charge in [0.05, 0.1) is 0 Å². The molecule has 1 aromatic carbocycles. The molecule has 0 unspecified atom stereocenters. The van der Waals surface area contributed by atoms with E-state index < -0.39 is 0 Å². The molecule has 0 aromatic heterocycles. The van der Waals surface area contributed by atoms with Gasteiger partial charge < -0.3 is 0 Å². The first-order valence-corrected chi connectivity index (χ1v) is 8.79. The van der Waals surface area contributed by atoms with Crippen LogP contribution in [0.1, 0.15) is 46.1 Å². The molecule has 0 amide bonds. The topological polar surface area (TPSA) is 0 Å². The average Bonchev–Trinajstić information content (AvgIpc) is 2.65. The number of benzene rings is 1. The molecule has 0 atom stereocenters. The standard InChI is InChI=1S/C22H24.C2H6/c1-5-11-22-19(6-2)14-10-15-21(22)16-17(3)18(4)20-12-8-7-9-13-20;1-2/h5-9,11-13,15-16H,1,4,10,14H2,2-3H3;1-2H3/b17-16-,19-6-,22-11+;. The van der Waals surface area contributed by atoms with Gasteiger partial charge in [-0.05, 0) is 60.1 Å². The van der Waals surface area contributed by atoms with Crippen molar-refractivity contribution in [2.75, 3.05) is 0 Å². The van der Waals surface area contributed by atoms with Gasteiger partial charge in [-0.1, -0.05) is 87.7 Å². The molecule has 0 N–H and O–H groups in total. The van der Waals surface area contributed by atoms with E-state index in [-0.39, 0.29) is 0 Å². The Morgan fingerprint density at radius 2 is 1.79 bits per heavy atom. The van der Waals surface area contributed by atoms with Crippen LogP contribution < -0.4 is 0 Å².